The van der Waals surface area contributed by atoms with E-state index < -0.39 is 8.32 Å². The van der Waals surface area contributed by atoms with Crippen LogP contribution in [0.5, 0.6) is 0 Å². The molecule has 8 heteroatoms. The van der Waals surface area contributed by atoms with E-state index in [1.807, 2.05) is 18.3 Å². The third-order valence-corrected chi connectivity index (χ3v) is 12.0. The second-order valence-corrected chi connectivity index (χ2v) is 16.1. The van der Waals surface area contributed by atoms with Crippen molar-refractivity contribution in [2.75, 3.05) is 18.9 Å². The Hall–Kier alpha value is -1.93. The smallest absolute Gasteiger partial charge is 0.191 e. The van der Waals surface area contributed by atoms with Crippen LogP contribution in [0, 0.1) is 11.8 Å². The lowest BCUT2D eigenvalue weighted by Gasteiger charge is -2.40. The van der Waals surface area contributed by atoms with Gasteiger partial charge in [0.25, 0.3) is 0 Å². The van der Waals surface area contributed by atoms with E-state index in [4.69, 9.17) is 26.5 Å². The zero-order valence-corrected chi connectivity index (χ0v) is 22.2. The summed E-state index contributed by atoms with van der Waals surface area (Å²) in [5.41, 5.74) is 8.86. The van der Waals surface area contributed by atoms with E-state index in [0.717, 1.165) is 40.6 Å². The summed E-state index contributed by atoms with van der Waals surface area (Å²) in [6, 6.07) is 5.89. The number of anilines is 1. The molecule has 1 aromatic carbocycles. The van der Waals surface area contributed by atoms with Crippen molar-refractivity contribution in [2.45, 2.75) is 58.4 Å². The normalized spacial score (nSPS) is 22.1. The Morgan fingerprint density at radius 3 is 2.73 bits per heavy atom. The number of nitrogen functional groups attached to an aromatic ring is 1. The fourth-order valence-corrected chi connectivity index (χ4v) is 5.59. The number of H-pyrrole nitrogens is 1. The molecular weight excluding hydrogens is 452 g/mol. The van der Waals surface area contributed by atoms with Crippen molar-refractivity contribution in [3.63, 3.8) is 0 Å². The first kappa shape index (κ1) is 24.2. The number of hydrogen-bond donors (Lipinski definition) is 2. The third kappa shape index (κ3) is 4.97. The van der Waals surface area contributed by atoms with Crippen LogP contribution in [0.1, 0.15) is 45.9 Å². The topological polar surface area (TPSA) is 86.0 Å². The maximum absolute atomic E-state index is 6.63. The SMILES string of the molecule is CC1COC(c2[nH]ncc2-c2cc(Cl)c3cnc(N)cc3c2)C(CO[Si](C)(C)C(C)(C)C)C1. The van der Waals surface area contributed by atoms with Crippen molar-refractivity contribution >= 4 is 36.5 Å². The van der Waals surface area contributed by atoms with Gasteiger partial charge in [0.1, 0.15) is 11.9 Å². The summed E-state index contributed by atoms with van der Waals surface area (Å²) < 4.78 is 13.0. The largest absolute Gasteiger partial charge is 0.416 e. The summed E-state index contributed by atoms with van der Waals surface area (Å²) in [7, 11) is -1.86. The molecular formula is C25H35ClN4O2Si. The van der Waals surface area contributed by atoms with Gasteiger partial charge in [0.15, 0.2) is 8.32 Å². The number of fused-ring (bicyclic) bond motifs is 1. The van der Waals surface area contributed by atoms with Gasteiger partial charge >= 0.3 is 0 Å². The Balaban J connectivity index is 1.67. The quantitative estimate of drug-likeness (QED) is 0.397. The maximum atomic E-state index is 6.63. The molecule has 178 valence electrons. The summed E-state index contributed by atoms with van der Waals surface area (Å²) in [6.07, 6.45) is 4.51. The molecule has 33 heavy (non-hydrogen) atoms. The van der Waals surface area contributed by atoms with Crippen molar-refractivity contribution in [1.29, 1.82) is 0 Å². The van der Waals surface area contributed by atoms with Crippen LogP contribution in [0.3, 0.4) is 0 Å². The Morgan fingerprint density at radius 2 is 2.00 bits per heavy atom. The van der Waals surface area contributed by atoms with Gasteiger partial charge in [-0.05, 0) is 59.6 Å². The molecule has 0 radical (unpaired) electrons. The van der Waals surface area contributed by atoms with Crippen LogP contribution in [0.15, 0.2) is 30.6 Å². The van der Waals surface area contributed by atoms with Gasteiger partial charge in [0.05, 0.1) is 23.5 Å². The Kier molecular flexibility index (Phi) is 6.62. The second kappa shape index (κ2) is 9.02. The number of nitrogens with two attached hydrogens (primary N) is 1. The highest BCUT2D eigenvalue weighted by Gasteiger charge is 2.40. The first-order valence-corrected chi connectivity index (χ1v) is 14.9. The van der Waals surface area contributed by atoms with Gasteiger partial charge in [-0.15, -0.1) is 0 Å². The van der Waals surface area contributed by atoms with Gasteiger partial charge in [-0.25, -0.2) is 4.98 Å². The summed E-state index contributed by atoms with van der Waals surface area (Å²) in [4.78, 5) is 4.17. The van der Waals surface area contributed by atoms with E-state index in [1.54, 1.807) is 6.20 Å². The standard InChI is InChI=1S/C25H35ClN4O2Si/c1-15-7-18(14-32-33(5,6)25(2,3)4)24(31-13-15)23-20(12-29-30-23)16-8-17-10-22(27)28-11-19(17)21(26)9-16/h8-12,15,18,24H,7,13-14H2,1-6H3,(H2,27,28)(H,29,30). The van der Waals surface area contributed by atoms with E-state index in [0.29, 0.717) is 23.4 Å². The Labute approximate surface area is 202 Å². The van der Waals surface area contributed by atoms with Gasteiger partial charge in [-0.1, -0.05) is 39.3 Å². The zero-order chi connectivity index (χ0) is 24.0. The second-order valence-electron chi connectivity index (χ2n) is 10.9. The van der Waals surface area contributed by atoms with Gasteiger partial charge in [-0.3, -0.25) is 5.10 Å². The number of aromatic nitrogens is 3. The van der Waals surface area contributed by atoms with Gasteiger partial charge in [-0.2, -0.15) is 5.10 Å². The molecule has 3 aromatic rings. The zero-order valence-electron chi connectivity index (χ0n) is 20.4. The highest BCUT2D eigenvalue weighted by Crippen LogP contribution is 2.43. The van der Waals surface area contributed by atoms with Crippen molar-refractivity contribution < 1.29 is 9.16 Å². The molecule has 0 amide bonds. The lowest BCUT2D eigenvalue weighted by molar-refractivity contribution is -0.0695. The molecule has 3 heterocycles. The summed E-state index contributed by atoms with van der Waals surface area (Å²) in [5, 5.41) is 10.2. The van der Waals surface area contributed by atoms with Crippen molar-refractivity contribution in [2.24, 2.45) is 11.8 Å². The minimum Gasteiger partial charge on any atom is -0.416 e. The van der Waals surface area contributed by atoms with E-state index in [2.05, 4.69) is 62.0 Å². The third-order valence-electron chi connectivity index (χ3n) is 7.23. The number of ether oxygens (including phenoxy) is 1. The molecule has 0 spiro atoms. The van der Waals surface area contributed by atoms with Gasteiger partial charge < -0.3 is 14.9 Å². The average Bonchev–Trinajstić information content (AvgIpc) is 3.21. The van der Waals surface area contributed by atoms with Gasteiger partial charge in [0, 0.05) is 29.7 Å². The number of pyridine rings is 1. The predicted molar refractivity (Wildman–Crippen MR) is 138 cm³/mol. The molecule has 3 unspecified atom stereocenters. The fourth-order valence-electron chi connectivity index (χ4n) is 4.25. The molecule has 0 bridgehead atoms. The first-order valence-electron chi connectivity index (χ1n) is 11.6. The molecule has 0 saturated carbocycles. The monoisotopic (exact) mass is 486 g/mol. The van der Waals surface area contributed by atoms with E-state index in [9.17, 15) is 0 Å². The molecule has 4 rings (SSSR count). The summed E-state index contributed by atoms with van der Waals surface area (Å²) >= 11 is 6.60. The fraction of sp³-hybridized carbons (Fsp3) is 0.520. The number of hydrogen-bond acceptors (Lipinski definition) is 5. The molecule has 1 fully saturated rings. The van der Waals surface area contributed by atoms with Crippen LogP contribution in [0.4, 0.5) is 5.82 Å². The number of nitrogens with zero attached hydrogens (tertiary/aromatic N) is 2. The highest BCUT2D eigenvalue weighted by molar-refractivity contribution is 6.74. The average molecular weight is 487 g/mol. The van der Waals surface area contributed by atoms with Crippen LogP contribution < -0.4 is 5.73 Å². The van der Waals surface area contributed by atoms with Crippen LogP contribution in [0.25, 0.3) is 21.9 Å². The Morgan fingerprint density at radius 1 is 1.24 bits per heavy atom. The minimum atomic E-state index is -1.86. The molecule has 3 N–H and O–H groups in total. The van der Waals surface area contributed by atoms with Gasteiger partial charge in [0.2, 0.25) is 0 Å². The first-order chi connectivity index (χ1) is 15.5. The summed E-state index contributed by atoms with van der Waals surface area (Å²) in [5.74, 6) is 1.21. The highest BCUT2D eigenvalue weighted by atomic mass is 35.5. The minimum absolute atomic E-state index is 0.111. The number of halogens is 1. The van der Waals surface area contributed by atoms with E-state index in [-0.39, 0.29) is 17.1 Å². The molecule has 0 aliphatic carbocycles. The van der Waals surface area contributed by atoms with Crippen LogP contribution in [-0.4, -0.2) is 36.7 Å². The lowest BCUT2D eigenvalue weighted by atomic mass is 9.86. The van der Waals surface area contributed by atoms with Crippen LogP contribution in [0.2, 0.25) is 23.2 Å². The predicted octanol–water partition coefficient (Wildman–Crippen LogP) is 6.60. The maximum Gasteiger partial charge on any atom is 0.191 e. The molecule has 1 aliphatic heterocycles. The molecule has 3 atom stereocenters. The number of rotatable bonds is 5. The number of aromatic amines is 1. The molecule has 2 aromatic heterocycles. The molecule has 1 aliphatic rings. The summed E-state index contributed by atoms with van der Waals surface area (Å²) in [6.45, 7) is 15.1. The Bertz CT molecular complexity index is 1140. The number of benzene rings is 1. The van der Waals surface area contributed by atoms with Crippen LogP contribution >= 0.6 is 11.6 Å². The number of nitrogens with one attached hydrogen (secondary N) is 1. The van der Waals surface area contributed by atoms with Crippen molar-refractivity contribution in [3.8, 4) is 11.1 Å². The molecule has 1 saturated heterocycles. The lowest BCUT2D eigenvalue weighted by Crippen LogP contribution is -2.43. The van der Waals surface area contributed by atoms with Crippen molar-refractivity contribution in [1.82, 2.24) is 15.2 Å². The van der Waals surface area contributed by atoms with E-state index in [1.165, 1.54) is 0 Å². The molecule has 6 nitrogen and oxygen atoms in total. The van der Waals surface area contributed by atoms with E-state index >= 15 is 0 Å². The van der Waals surface area contributed by atoms with Crippen molar-refractivity contribution in [3.05, 3.63) is 41.3 Å². The van der Waals surface area contributed by atoms with Crippen LogP contribution in [-0.2, 0) is 9.16 Å².